The summed E-state index contributed by atoms with van der Waals surface area (Å²) >= 11 is 0. The Hall–Kier alpha value is -3.11. The molecule has 10 heteroatoms. The summed E-state index contributed by atoms with van der Waals surface area (Å²) in [5, 5.41) is 3.03. The predicted octanol–water partition coefficient (Wildman–Crippen LogP) is 3.33. The fourth-order valence-electron chi connectivity index (χ4n) is 4.59. The highest BCUT2D eigenvalue weighted by Gasteiger charge is 2.32. The molecule has 0 aliphatic carbocycles. The molecule has 1 fully saturated rings. The first-order valence-electron chi connectivity index (χ1n) is 11.9. The maximum atomic E-state index is 13.2. The molecule has 1 aliphatic heterocycles. The summed E-state index contributed by atoms with van der Waals surface area (Å²) in [4.78, 5) is 27.0. The lowest BCUT2D eigenvalue weighted by Gasteiger charge is -2.30. The highest BCUT2D eigenvalue weighted by Crippen LogP contribution is 2.28. The van der Waals surface area contributed by atoms with Crippen molar-refractivity contribution in [1.29, 1.82) is 0 Å². The number of hydrogen-bond acceptors (Lipinski definition) is 6. The van der Waals surface area contributed by atoms with E-state index in [9.17, 15) is 18.0 Å². The molecular formula is C25H32N4O5S. The van der Waals surface area contributed by atoms with Gasteiger partial charge in [-0.1, -0.05) is 0 Å². The SMILES string of the molecule is CCN(CC)c1ccc(NC(=O)C2CCN(S(=O)(=O)c3ccc4c(c3)oc(=O)n4C)CC2)c(C)c1. The Balaban J connectivity index is 1.41. The van der Waals surface area contributed by atoms with Crippen molar-refractivity contribution in [2.75, 3.05) is 36.4 Å². The molecule has 35 heavy (non-hydrogen) atoms. The molecule has 1 aromatic heterocycles. The van der Waals surface area contributed by atoms with E-state index >= 15 is 0 Å². The lowest BCUT2D eigenvalue weighted by molar-refractivity contribution is -0.120. The van der Waals surface area contributed by atoms with Crippen LogP contribution >= 0.6 is 0 Å². The number of nitrogens with zero attached hydrogens (tertiary/aromatic N) is 3. The third-order valence-electron chi connectivity index (χ3n) is 6.82. The summed E-state index contributed by atoms with van der Waals surface area (Å²) in [6.45, 7) is 8.52. The summed E-state index contributed by atoms with van der Waals surface area (Å²) < 4.78 is 34.2. The molecule has 1 amide bonds. The van der Waals surface area contributed by atoms with Crippen LogP contribution in [0.3, 0.4) is 0 Å². The Labute approximate surface area is 205 Å². The zero-order valence-corrected chi connectivity index (χ0v) is 21.4. The minimum atomic E-state index is -3.76. The molecule has 1 saturated heterocycles. The van der Waals surface area contributed by atoms with Crippen molar-refractivity contribution in [3.05, 3.63) is 52.5 Å². The normalized spacial score (nSPS) is 15.4. The van der Waals surface area contributed by atoms with Crippen LogP contribution in [0, 0.1) is 12.8 Å². The van der Waals surface area contributed by atoms with Gasteiger partial charge in [0.05, 0.1) is 10.4 Å². The van der Waals surface area contributed by atoms with Gasteiger partial charge in [0.2, 0.25) is 15.9 Å². The Morgan fingerprint density at radius 1 is 1.11 bits per heavy atom. The monoisotopic (exact) mass is 500 g/mol. The van der Waals surface area contributed by atoms with Crippen LogP contribution in [0.5, 0.6) is 0 Å². The number of amides is 1. The van der Waals surface area contributed by atoms with Gasteiger partial charge in [-0.2, -0.15) is 4.31 Å². The van der Waals surface area contributed by atoms with Gasteiger partial charge in [-0.25, -0.2) is 13.2 Å². The molecule has 0 saturated carbocycles. The molecule has 4 rings (SSSR count). The second-order valence-electron chi connectivity index (χ2n) is 8.90. The fraction of sp³-hybridized carbons (Fsp3) is 0.440. The number of carbonyl (C=O) groups is 1. The van der Waals surface area contributed by atoms with Crippen LogP contribution in [0.15, 0.2) is 50.5 Å². The first-order valence-corrected chi connectivity index (χ1v) is 13.4. The van der Waals surface area contributed by atoms with Crippen molar-refractivity contribution in [3.8, 4) is 0 Å². The molecule has 1 aliphatic rings. The quantitative estimate of drug-likeness (QED) is 0.534. The molecule has 2 heterocycles. The van der Waals surface area contributed by atoms with E-state index in [2.05, 4.69) is 30.1 Å². The molecule has 0 atom stereocenters. The van der Waals surface area contributed by atoms with E-state index in [1.54, 1.807) is 13.1 Å². The lowest BCUT2D eigenvalue weighted by Crippen LogP contribution is -2.41. The number of aryl methyl sites for hydroxylation is 2. The summed E-state index contributed by atoms with van der Waals surface area (Å²) in [7, 11) is -2.20. The molecule has 2 aromatic carbocycles. The number of rotatable bonds is 7. The highest BCUT2D eigenvalue weighted by atomic mass is 32.2. The topological polar surface area (TPSA) is 105 Å². The Morgan fingerprint density at radius 3 is 2.43 bits per heavy atom. The van der Waals surface area contributed by atoms with Gasteiger partial charge in [0.1, 0.15) is 0 Å². The van der Waals surface area contributed by atoms with E-state index in [4.69, 9.17) is 4.42 Å². The van der Waals surface area contributed by atoms with E-state index in [1.807, 2.05) is 19.1 Å². The standard InChI is InChI=1S/C25H32N4O5S/c1-5-28(6-2)19-7-9-21(17(3)15-19)26-24(30)18-11-13-29(14-12-18)35(32,33)20-8-10-22-23(16-20)34-25(31)27(22)4/h7-10,15-16,18H,5-6,11-14H2,1-4H3,(H,26,30). The van der Waals surface area contributed by atoms with E-state index in [0.29, 0.717) is 18.4 Å². The van der Waals surface area contributed by atoms with Crippen LogP contribution in [0.25, 0.3) is 11.1 Å². The van der Waals surface area contributed by atoms with Crippen molar-refractivity contribution in [2.45, 2.75) is 38.5 Å². The van der Waals surface area contributed by atoms with Crippen LogP contribution in [-0.4, -0.2) is 49.4 Å². The number of fused-ring (bicyclic) bond motifs is 1. The van der Waals surface area contributed by atoms with Gasteiger partial charge in [0, 0.05) is 56.6 Å². The molecular weight excluding hydrogens is 468 g/mol. The van der Waals surface area contributed by atoms with Gasteiger partial charge in [0.25, 0.3) is 0 Å². The number of oxazole rings is 1. The summed E-state index contributed by atoms with van der Waals surface area (Å²) in [6, 6.07) is 10.4. The average Bonchev–Trinajstić information content (AvgIpc) is 3.14. The van der Waals surface area contributed by atoms with Gasteiger partial charge in [-0.3, -0.25) is 9.36 Å². The average molecular weight is 501 g/mol. The Bertz CT molecular complexity index is 1400. The lowest BCUT2D eigenvalue weighted by atomic mass is 9.97. The smallest absolute Gasteiger partial charge is 0.408 e. The maximum absolute atomic E-state index is 13.2. The molecule has 188 valence electrons. The van der Waals surface area contributed by atoms with E-state index in [-0.39, 0.29) is 35.4 Å². The van der Waals surface area contributed by atoms with Gasteiger partial charge in [0.15, 0.2) is 5.58 Å². The van der Waals surface area contributed by atoms with Crippen molar-refractivity contribution >= 4 is 38.4 Å². The zero-order chi connectivity index (χ0) is 25.3. The largest absolute Gasteiger partial charge is 0.419 e. The minimum absolute atomic E-state index is 0.0752. The molecule has 1 N–H and O–H groups in total. The molecule has 0 bridgehead atoms. The van der Waals surface area contributed by atoms with Crippen molar-refractivity contribution < 1.29 is 17.6 Å². The number of carbonyl (C=O) groups excluding carboxylic acids is 1. The second kappa shape index (κ2) is 9.87. The number of hydrogen-bond donors (Lipinski definition) is 1. The predicted molar refractivity (Wildman–Crippen MR) is 136 cm³/mol. The maximum Gasteiger partial charge on any atom is 0.419 e. The number of piperidine rings is 1. The van der Waals surface area contributed by atoms with Gasteiger partial charge in [-0.15, -0.1) is 0 Å². The van der Waals surface area contributed by atoms with Crippen LogP contribution in [0.4, 0.5) is 11.4 Å². The number of sulfonamides is 1. The Kier molecular flexibility index (Phi) is 7.05. The number of anilines is 2. The van der Waals surface area contributed by atoms with E-state index in [1.165, 1.54) is 21.0 Å². The highest BCUT2D eigenvalue weighted by molar-refractivity contribution is 7.89. The number of benzene rings is 2. The van der Waals surface area contributed by atoms with E-state index < -0.39 is 15.8 Å². The first-order chi connectivity index (χ1) is 16.6. The third-order valence-corrected chi connectivity index (χ3v) is 8.72. The molecule has 0 unspecified atom stereocenters. The van der Waals surface area contributed by atoms with Crippen molar-refractivity contribution in [1.82, 2.24) is 8.87 Å². The van der Waals surface area contributed by atoms with Crippen LogP contribution in [0.2, 0.25) is 0 Å². The molecule has 0 spiro atoms. The summed E-state index contributed by atoms with van der Waals surface area (Å²) in [5.41, 5.74) is 3.65. The van der Waals surface area contributed by atoms with Gasteiger partial charge >= 0.3 is 5.76 Å². The summed E-state index contributed by atoms with van der Waals surface area (Å²) in [5.74, 6) is -0.898. The summed E-state index contributed by atoms with van der Waals surface area (Å²) in [6.07, 6.45) is 0.870. The van der Waals surface area contributed by atoms with E-state index in [0.717, 1.165) is 30.0 Å². The second-order valence-corrected chi connectivity index (χ2v) is 10.8. The molecule has 3 aromatic rings. The fourth-order valence-corrected chi connectivity index (χ4v) is 6.08. The van der Waals surface area contributed by atoms with Gasteiger partial charge in [-0.05, 0) is 69.5 Å². The minimum Gasteiger partial charge on any atom is -0.408 e. The molecule has 0 radical (unpaired) electrons. The number of nitrogens with one attached hydrogen (secondary N) is 1. The van der Waals surface area contributed by atoms with Crippen LogP contribution < -0.4 is 16.0 Å². The van der Waals surface area contributed by atoms with Crippen LogP contribution in [0.1, 0.15) is 32.3 Å². The Morgan fingerprint density at radius 2 is 1.80 bits per heavy atom. The molecule has 9 nitrogen and oxygen atoms in total. The van der Waals surface area contributed by atoms with Crippen molar-refractivity contribution in [2.24, 2.45) is 13.0 Å². The third kappa shape index (κ3) is 4.85. The zero-order valence-electron chi connectivity index (χ0n) is 20.6. The first kappa shape index (κ1) is 25.0. The van der Waals surface area contributed by atoms with Crippen LogP contribution in [-0.2, 0) is 21.9 Å². The number of aromatic nitrogens is 1. The van der Waals surface area contributed by atoms with Crippen molar-refractivity contribution in [3.63, 3.8) is 0 Å². The van der Waals surface area contributed by atoms with Gasteiger partial charge < -0.3 is 14.6 Å².